The van der Waals surface area contributed by atoms with E-state index in [1.165, 1.54) is 4.90 Å². The van der Waals surface area contributed by atoms with E-state index in [0.717, 1.165) is 54.2 Å². The van der Waals surface area contributed by atoms with Crippen molar-refractivity contribution in [2.75, 3.05) is 4.90 Å². The normalized spacial score (nSPS) is 13.6. The lowest BCUT2D eigenvalue weighted by molar-refractivity contribution is 0.672. The van der Waals surface area contributed by atoms with Gasteiger partial charge >= 0.3 is 0 Å². The van der Waals surface area contributed by atoms with Crippen molar-refractivity contribution in [2.24, 2.45) is 0 Å². The van der Waals surface area contributed by atoms with Crippen LogP contribution in [-0.4, -0.2) is 0 Å². The molecule has 0 amide bonds. The SMILES string of the molecule is [2H]c1c([2H])c(N(c2ccccc2-c2cccc3c2ccc2c4ccccc4oc32)c2c([2H])c([2H])c(-c3cccc4ccccc34)c([2H])c2[2H])c([2H])c([2H])c1-c1ccc2ccccc2c1. The van der Waals surface area contributed by atoms with Gasteiger partial charge in [-0.25, -0.2) is 0 Å². The fourth-order valence-electron chi connectivity index (χ4n) is 7.93. The van der Waals surface area contributed by atoms with Crippen LogP contribution < -0.4 is 4.90 Å². The zero-order valence-electron chi connectivity index (χ0n) is 37.9. The molecule has 0 aliphatic heterocycles. The number of hydrogen-bond donors (Lipinski definition) is 0. The Kier molecular flexibility index (Phi) is 5.83. The van der Waals surface area contributed by atoms with E-state index in [-0.39, 0.29) is 46.7 Å². The number of rotatable bonds is 6. The highest BCUT2D eigenvalue weighted by Crippen LogP contribution is 2.45. The van der Waals surface area contributed by atoms with E-state index < -0.39 is 24.2 Å². The highest BCUT2D eigenvalue weighted by Gasteiger charge is 2.20. The molecule has 262 valence electrons. The second kappa shape index (κ2) is 13.2. The van der Waals surface area contributed by atoms with Crippen molar-refractivity contribution in [1.29, 1.82) is 0 Å². The highest BCUT2D eigenvalue weighted by atomic mass is 16.3. The van der Waals surface area contributed by atoms with Crippen LogP contribution >= 0.6 is 0 Å². The molecule has 0 saturated carbocycles. The highest BCUT2D eigenvalue weighted by molar-refractivity contribution is 6.18. The van der Waals surface area contributed by atoms with Crippen LogP contribution in [0.1, 0.15) is 11.0 Å². The zero-order valence-corrected chi connectivity index (χ0v) is 29.9. The third-order valence-corrected chi connectivity index (χ3v) is 10.6. The average Bonchev–Trinajstić information content (AvgIpc) is 3.72. The van der Waals surface area contributed by atoms with E-state index in [1.54, 1.807) is 24.3 Å². The number of anilines is 3. The quantitative estimate of drug-likeness (QED) is 0.170. The van der Waals surface area contributed by atoms with Crippen molar-refractivity contribution >= 4 is 71.3 Å². The van der Waals surface area contributed by atoms with Gasteiger partial charge in [-0.1, -0.05) is 164 Å². The van der Waals surface area contributed by atoms with Gasteiger partial charge in [-0.3, -0.25) is 0 Å². The summed E-state index contributed by atoms with van der Waals surface area (Å²) in [5.41, 5.74) is 3.95. The summed E-state index contributed by atoms with van der Waals surface area (Å²) in [7, 11) is 0. The second-order valence-corrected chi connectivity index (χ2v) is 13.8. The molecule has 0 fully saturated rings. The first-order valence-corrected chi connectivity index (χ1v) is 18.5. The summed E-state index contributed by atoms with van der Waals surface area (Å²) in [6.45, 7) is 0. The smallest absolute Gasteiger partial charge is 0.143 e. The number of hydrogen-bond acceptors (Lipinski definition) is 2. The van der Waals surface area contributed by atoms with Crippen molar-refractivity contribution in [2.45, 2.75) is 0 Å². The summed E-state index contributed by atoms with van der Waals surface area (Å²) in [4.78, 5) is 1.40. The Bertz CT molecular complexity index is 3680. The number of para-hydroxylation sites is 2. The average molecular weight is 722 g/mol. The Labute approximate surface area is 336 Å². The molecule has 2 nitrogen and oxygen atoms in total. The van der Waals surface area contributed by atoms with E-state index in [2.05, 4.69) is 0 Å². The minimum atomic E-state index is -0.407. The van der Waals surface area contributed by atoms with Gasteiger partial charge in [0.2, 0.25) is 0 Å². The topological polar surface area (TPSA) is 16.4 Å². The van der Waals surface area contributed by atoms with Crippen molar-refractivity contribution in [3.05, 3.63) is 212 Å². The molecular weight excluding hydrogens is 679 g/mol. The van der Waals surface area contributed by atoms with Crippen molar-refractivity contribution in [3.8, 4) is 33.4 Å². The lowest BCUT2D eigenvalue weighted by atomic mass is 9.94. The molecule has 0 saturated heterocycles. The van der Waals surface area contributed by atoms with Gasteiger partial charge in [0, 0.05) is 33.1 Å². The maximum absolute atomic E-state index is 9.75. The standard InChI is InChI=1S/C54H35NO/c1-2-13-40-35-41(24-23-36(40)11-1)37-25-29-42(30-26-37)55(43-31-27-39(28-32-43)45-18-9-14-38-12-3-4-15-44(38)45)52-21-7-5-16-48(52)46-19-10-20-50-47(46)33-34-51-49-17-6-8-22-53(49)56-54(50)51/h1-35H/i25D,26D,27D,28D,29D,30D,31D,32D. The van der Waals surface area contributed by atoms with Crippen LogP contribution in [0.2, 0.25) is 0 Å². The molecule has 0 aliphatic carbocycles. The van der Waals surface area contributed by atoms with Crippen LogP contribution in [0.4, 0.5) is 17.1 Å². The maximum Gasteiger partial charge on any atom is 0.143 e. The van der Waals surface area contributed by atoms with Crippen LogP contribution in [0.5, 0.6) is 0 Å². The summed E-state index contributed by atoms with van der Waals surface area (Å²) < 4.78 is 83.5. The Balaban J connectivity index is 1.20. The van der Waals surface area contributed by atoms with E-state index in [1.807, 2.05) is 140 Å². The third-order valence-electron chi connectivity index (χ3n) is 10.6. The monoisotopic (exact) mass is 721 g/mol. The maximum atomic E-state index is 9.75. The lowest BCUT2D eigenvalue weighted by Crippen LogP contribution is -2.11. The van der Waals surface area contributed by atoms with Gasteiger partial charge in [0.15, 0.2) is 0 Å². The van der Waals surface area contributed by atoms with Gasteiger partial charge in [-0.15, -0.1) is 0 Å². The molecule has 2 heteroatoms. The van der Waals surface area contributed by atoms with Crippen molar-refractivity contribution < 1.29 is 15.4 Å². The minimum Gasteiger partial charge on any atom is -0.455 e. The molecule has 0 bridgehead atoms. The molecule has 11 rings (SSSR count). The molecule has 0 aliphatic rings. The molecule has 0 atom stereocenters. The number of nitrogens with zero attached hydrogens (tertiary/aromatic N) is 1. The first-order valence-electron chi connectivity index (χ1n) is 22.5. The summed E-state index contributed by atoms with van der Waals surface area (Å²) in [6.07, 6.45) is 0. The summed E-state index contributed by atoms with van der Waals surface area (Å²) in [6, 6.07) is 48.5. The predicted octanol–water partition coefficient (Wildman–Crippen LogP) is 15.5. The third kappa shape index (κ3) is 5.34. The van der Waals surface area contributed by atoms with Gasteiger partial charge in [-0.05, 0) is 103 Å². The van der Waals surface area contributed by atoms with Gasteiger partial charge in [0.05, 0.1) is 16.7 Å². The first kappa shape index (κ1) is 24.8. The molecule has 0 radical (unpaired) electrons. The Hall–Kier alpha value is -7.42. The lowest BCUT2D eigenvalue weighted by Gasteiger charge is -2.28. The second-order valence-electron chi connectivity index (χ2n) is 13.8. The Morgan fingerprint density at radius 1 is 0.357 bits per heavy atom. The molecule has 1 aromatic heterocycles. The number of furan rings is 1. The van der Waals surface area contributed by atoms with Gasteiger partial charge < -0.3 is 9.32 Å². The van der Waals surface area contributed by atoms with Gasteiger partial charge in [0.25, 0.3) is 0 Å². The molecule has 0 unspecified atom stereocenters. The van der Waals surface area contributed by atoms with E-state index in [4.69, 9.17) is 4.42 Å². The summed E-state index contributed by atoms with van der Waals surface area (Å²) >= 11 is 0. The van der Waals surface area contributed by atoms with Crippen LogP contribution in [-0.2, 0) is 0 Å². The predicted molar refractivity (Wildman–Crippen MR) is 237 cm³/mol. The fourth-order valence-corrected chi connectivity index (χ4v) is 7.93. The van der Waals surface area contributed by atoms with E-state index in [0.29, 0.717) is 28.0 Å². The Morgan fingerprint density at radius 2 is 0.929 bits per heavy atom. The molecular formula is C54H35NO. The van der Waals surface area contributed by atoms with Crippen molar-refractivity contribution in [1.82, 2.24) is 0 Å². The minimum absolute atomic E-state index is 0.104. The van der Waals surface area contributed by atoms with Crippen LogP contribution in [0, 0.1) is 0 Å². The molecule has 1 heterocycles. The molecule has 0 N–H and O–H groups in total. The molecule has 56 heavy (non-hydrogen) atoms. The first-order chi connectivity index (χ1) is 31.1. The van der Waals surface area contributed by atoms with E-state index >= 15 is 0 Å². The molecule has 0 spiro atoms. The zero-order chi connectivity index (χ0) is 44.0. The van der Waals surface area contributed by atoms with Gasteiger partial charge in [0.1, 0.15) is 11.2 Å². The van der Waals surface area contributed by atoms with Crippen LogP contribution in [0.25, 0.3) is 87.6 Å². The largest absolute Gasteiger partial charge is 0.455 e. The molecule has 11 aromatic rings. The van der Waals surface area contributed by atoms with Crippen LogP contribution in [0.15, 0.2) is 217 Å². The number of benzene rings is 10. The number of fused-ring (bicyclic) bond motifs is 7. The van der Waals surface area contributed by atoms with Crippen molar-refractivity contribution in [3.63, 3.8) is 0 Å². The van der Waals surface area contributed by atoms with Gasteiger partial charge in [-0.2, -0.15) is 0 Å². The van der Waals surface area contributed by atoms with E-state index in [9.17, 15) is 11.0 Å². The summed E-state index contributed by atoms with van der Waals surface area (Å²) in [5, 5.41) is 7.11. The Morgan fingerprint density at radius 3 is 1.77 bits per heavy atom. The fraction of sp³-hybridized carbons (Fsp3) is 0. The molecule has 10 aromatic carbocycles. The summed E-state index contributed by atoms with van der Waals surface area (Å²) in [5.74, 6) is 0. The van der Waals surface area contributed by atoms with Crippen LogP contribution in [0.3, 0.4) is 0 Å².